The standard InChI is InChI=1S/C24H17F2NO4/c1-14-20(28)16-10-7-11-17(22(16)31-21(14)15-8-3-2-4-9-15)23(29)27-18-12-5-6-13-19(18)30-24(25)26/h2-13,24H,1H3,(H,27,29). The van der Waals surface area contributed by atoms with Crippen LogP contribution in [0.3, 0.4) is 0 Å². The van der Waals surface area contributed by atoms with Crippen LogP contribution in [-0.2, 0) is 0 Å². The van der Waals surface area contributed by atoms with E-state index in [0.29, 0.717) is 16.9 Å². The van der Waals surface area contributed by atoms with Crippen molar-refractivity contribution in [1.29, 1.82) is 0 Å². The topological polar surface area (TPSA) is 68.5 Å². The van der Waals surface area contributed by atoms with Gasteiger partial charge in [-0.2, -0.15) is 8.78 Å². The molecule has 0 aliphatic rings. The number of anilines is 1. The first-order valence-electron chi connectivity index (χ1n) is 9.42. The fraction of sp³-hybridized carbons (Fsp3) is 0.0833. The van der Waals surface area contributed by atoms with Gasteiger partial charge in [-0.05, 0) is 31.2 Å². The molecule has 4 rings (SSSR count). The molecule has 0 atom stereocenters. The van der Waals surface area contributed by atoms with Crippen LogP contribution in [0.25, 0.3) is 22.3 Å². The largest absolute Gasteiger partial charge is 0.455 e. The molecule has 1 N–H and O–H groups in total. The third kappa shape index (κ3) is 4.02. The quantitative estimate of drug-likeness (QED) is 0.454. The summed E-state index contributed by atoms with van der Waals surface area (Å²) in [5.41, 5.74) is 1.15. The maximum absolute atomic E-state index is 13.0. The number of fused-ring (bicyclic) bond motifs is 1. The third-order valence-corrected chi connectivity index (χ3v) is 4.78. The molecule has 0 unspecified atom stereocenters. The molecule has 156 valence electrons. The Bertz CT molecular complexity index is 1320. The summed E-state index contributed by atoms with van der Waals surface area (Å²) in [6, 6.07) is 19.6. The van der Waals surface area contributed by atoms with E-state index in [0.717, 1.165) is 0 Å². The van der Waals surface area contributed by atoms with E-state index in [1.165, 1.54) is 24.3 Å². The second kappa shape index (κ2) is 8.39. The van der Waals surface area contributed by atoms with Gasteiger partial charge in [0.25, 0.3) is 5.91 Å². The van der Waals surface area contributed by atoms with Gasteiger partial charge in [-0.1, -0.05) is 48.5 Å². The molecule has 0 aliphatic carbocycles. The number of rotatable bonds is 5. The number of para-hydroxylation sites is 3. The van der Waals surface area contributed by atoms with Gasteiger partial charge in [-0.15, -0.1) is 0 Å². The van der Waals surface area contributed by atoms with E-state index in [1.54, 1.807) is 37.3 Å². The van der Waals surface area contributed by atoms with Crippen molar-refractivity contribution in [2.75, 3.05) is 5.32 Å². The van der Waals surface area contributed by atoms with Crippen LogP contribution in [0.5, 0.6) is 5.75 Å². The predicted octanol–water partition coefficient (Wildman–Crippen LogP) is 5.62. The number of carbonyl (C=O) groups excluding carboxylic acids is 1. The summed E-state index contributed by atoms with van der Waals surface area (Å²) in [6.45, 7) is -1.37. The van der Waals surface area contributed by atoms with Crippen molar-refractivity contribution in [1.82, 2.24) is 0 Å². The van der Waals surface area contributed by atoms with Gasteiger partial charge in [-0.3, -0.25) is 9.59 Å². The lowest BCUT2D eigenvalue weighted by atomic mass is 10.0. The average Bonchev–Trinajstić information content (AvgIpc) is 2.77. The monoisotopic (exact) mass is 421 g/mol. The molecule has 31 heavy (non-hydrogen) atoms. The van der Waals surface area contributed by atoms with Gasteiger partial charge in [-0.25, -0.2) is 0 Å². The molecule has 0 saturated heterocycles. The van der Waals surface area contributed by atoms with Crippen LogP contribution < -0.4 is 15.5 Å². The van der Waals surface area contributed by atoms with Crippen LogP contribution in [-0.4, -0.2) is 12.5 Å². The van der Waals surface area contributed by atoms with Gasteiger partial charge in [0.2, 0.25) is 0 Å². The molecule has 5 nitrogen and oxygen atoms in total. The Morgan fingerprint density at radius 1 is 0.968 bits per heavy atom. The Hall–Kier alpha value is -4.00. The van der Waals surface area contributed by atoms with E-state index in [-0.39, 0.29) is 33.4 Å². The Morgan fingerprint density at radius 2 is 1.68 bits per heavy atom. The lowest BCUT2D eigenvalue weighted by Gasteiger charge is -2.13. The number of amides is 1. The molecule has 1 amide bonds. The zero-order chi connectivity index (χ0) is 22.0. The molecule has 1 heterocycles. The highest BCUT2D eigenvalue weighted by molar-refractivity contribution is 6.12. The first-order chi connectivity index (χ1) is 15.0. The molecule has 3 aromatic carbocycles. The minimum atomic E-state index is -3.04. The number of ether oxygens (including phenoxy) is 1. The van der Waals surface area contributed by atoms with Crippen LogP contribution in [0.1, 0.15) is 15.9 Å². The van der Waals surface area contributed by atoms with Crippen molar-refractivity contribution in [2.45, 2.75) is 13.5 Å². The van der Waals surface area contributed by atoms with Crippen molar-refractivity contribution < 1.29 is 22.7 Å². The molecular weight excluding hydrogens is 404 g/mol. The van der Waals surface area contributed by atoms with E-state index in [2.05, 4.69) is 10.1 Å². The average molecular weight is 421 g/mol. The lowest BCUT2D eigenvalue weighted by molar-refractivity contribution is -0.0493. The zero-order valence-corrected chi connectivity index (χ0v) is 16.4. The first-order valence-corrected chi connectivity index (χ1v) is 9.42. The smallest absolute Gasteiger partial charge is 0.387 e. The Kier molecular flexibility index (Phi) is 5.49. The number of nitrogens with one attached hydrogen (secondary N) is 1. The van der Waals surface area contributed by atoms with Crippen molar-refractivity contribution in [3.63, 3.8) is 0 Å². The minimum absolute atomic E-state index is 0.0718. The summed E-state index contributed by atoms with van der Waals surface area (Å²) in [7, 11) is 0. The predicted molar refractivity (Wildman–Crippen MR) is 114 cm³/mol. The third-order valence-electron chi connectivity index (χ3n) is 4.78. The molecule has 0 bridgehead atoms. The highest BCUT2D eigenvalue weighted by Gasteiger charge is 2.19. The van der Waals surface area contributed by atoms with Crippen molar-refractivity contribution in [3.8, 4) is 17.1 Å². The van der Waals surface area contributed by atoms with E-state index < -0.39 is 12.5 Å². The van der Waals surface area contributed by atoms with Crippen LogP contribution in [0.2, 0.25) is 0 Å². The van der Waals surface area contributed by atoms with Gasteiger partial charge in [0.05, 0.1) is 16.6 Å². The summed E-state index contributed by atoms with van der Waals surface area (Å²) in [5, 5.41) is 2.81. The van der Waals surface area contributed by atoms with Crippen LogP contribution >= 0.6 is 0 Å². The number of carbonyl (C=O) groups is 1. The SMILES string of the molecule is Cc1c(-c2ccccc2)oc2c(C(=O)Nc3ccccc3OC(F)F)cccc2c1=O. The van der Waals surface area contributed by atoms with Gasteiger partial charge in [0, 0.05) is 11.1 Å². The highest BCUT2D eigenvalue weighted by Crippen LogP contribution is 2.29. The Labute approximate surface area is 175 Å². The zero-order valence-electron chi connectivity index (χ0n) is 16.4. The van der Waals surface area contributed by atoms with Crippen molar-refractivity contribution >= 4 is 22.6 Å². The van der Waals surface area contributed by atoms with E-state index in [4.69, 9.17) is 4.42 Å². The summed E-state index contributed by atoms with van der Waals surface area (Å²) in [4.78, 5) is 25.9. The second-order valence-corrected chi connectivity index (χ2v) is 6.76. The van der Waals surface area contributed by atoms with Crippen molar-refractivity contribution in [2.24, 2.45) is 0 Å². The van der Waals surface area contributed by atoms with E-state index in [1.807, 2.05) is 18.2 Å². The fourth-order valence-corrected chi connectivity index (χ4v) is 3.31. The number of alkyl halides is 2. The van der Waals surface area contributed by atoms with Crippen LogP contribution in [0.15, 0.2) is 82.0 Å². The maximum atomic E-state index is 13.0. The molecule has 0 saturated carbocycles. The van der Waals surface area contributed by atoms with Crippen LogP contribution in [0.4, 0.5) is 14.5 Å². The Morgan fingerprint density at radius 3 is 2.42 bits per heavy atom. The summed E-state index contributed by atoms with van der Waals surface area (Å²) in [6.07, 6.45) is 0. The number of hydrogen-bond donors (Lipinski definition) is 1. The first kappa shape index (κ1) is 20.3. The minimum Gasteiger partial charge on any atom is -0.455 e. The molecule has 0 aliphatic heterocycles. The van der Waals surface area contributed by atoms with Gasteiger partial charge < -0.3 is 14.5 Å². The normalized spacial score (nSPS) is 11.0. The van der Waals surface area contributed by atoms with E-state index in [9.17, 15) is 18.4 Å². The molecular formula is C24H17F2NO4. The molecule has 0 radical (unpaired) electrons. The van der Waals surface area contributed by atoms with Crippen LogP contribution in [0, 0.1) is 6.92 Å². The van der Waals surface area contributed by atoms with Gasteiger partial charge in [0.1, 0.15) is 11.5 Å². The number of halogens is 2. The summed E-state index contributed by atoms with van der Waals surface area (Å²) in [5.74, 6) is -0.435. The summed E-state index contributed by atoms with van der Waals surface area (Å²) >= 11 is 0. The van der Waals surface area contributed by atoms with Gasteiger partial charge >= 0.3 is 6.61 Å². The molecule has 4 aromatic rings. The molecule has 0 fully saturated rings. The Balaban J connectivity index is 1.81. The summed E-state index contributed by atoms with van der Waals surface area (Å²) < 4.78 is 35.8. The van der Waals surface area contributed by atoms with E-state index >= 15 is 0 Å². The van der Waals surface area contributed by atoms with Crippen molar-refractivity contribution in [3.05, 3.63) is 94.1 Å². The number of benzene rings is 3. The van der Waals surface area contributed by atoms with Gasteiger partial charge in [0.15, 0.2) is 11.0 Å². The highest BCUT2D eigenvalue weighted by atomic mass is 19.3. The fourth-order valence-electron chi connectivity index (χ4n) is 3.31. The maximum Gasteiger partial charge on any atom is 0.387 e. The molecule has 0 spiro atoms. The second-order valence-electron chi connectivity index (χ2n) is 6.76. The molecule has 1 aromatic heterocycles. The lowest BCUT2D eigenvalue weighted by Crippen LogP contribution is -2.16. The number of hydrogen-bond acceptors (Lipinski definition) is 4. The molecule has 7 heteroatoms.